The van der Waals surface area contributed by atoms with Gasteiger partial charge in [0.1, 0.15) is 17.1 Å². The summed E-state index contributed by atoms with van der Waals surface area (Å²) in [5, 5.41) is 10.3. The molecule has 0 spiro atoms. The van der Waals surface area contributed by atoms with Gasteiger partial charge in [0.2, 0.25) is 6.79 Å². The average Bonchev–Trinajstić information content (AvgIpc) is 2.74. The molecular weight excluding hydrogens is 387 g/mol. The number of para-hydroxylation sites is 1. The molecule has 2 aliphatic rings. The van der Waals surface area contributed by atoms with Crippen LogP contribution in [0.1, 0.15) is 74.2 Å². The highest BCUT2D eigenvalue weighted by atomic mass is 16.7. The van der Waals surface area contributed by atoms with Crippen LogP contribution in [-0.2, 0) is 25.5 Å². The minimum atomic E-state index is -1.17. The van der Waals surface area contributed by atoms with E-state index < -0.39 is 19.9 Å². The highest BCUT2D eigenvalue weighted by Crippen LogP contribution is 2.36. The average molecular weight is 416 g/mol. The van der Waals surface area contributed by atoms with E-state index >= 15 is 0 Å². The molecule has 1 saturated carbocycles. The summed E-state index contributed by atoms with van der Waals surface area (Å²) in [6.07, 6.45) is 6.99. The van der Waals surface area contributed by atoms with Crippen molar-refractivity contribution in [2.24, 2.45) is 5.92 Å². The molecule has 0 bridgehead atoms. The van der Waals surface area contributed by atoms with Crippen molar-refractivity contribution in [3.8, 4) is 5.75 Å². The molecule has 162 valence electrons. The molecule has 30 heavy (non-hydrogen) atoms. The summed E-state index contributed by atoms with van der Waals surface area (Å²) in [6.45, 7) is 1.33. The lowest BCUT2D eigenvalue weighted by atomic mass is 9.64. The lowest BCUT2D eigenvalue weighted by Crippen LogP contribution is -2.35. The second-order valence-electron chi connectivity index (χ2n) is 8.14. The highest BCUT2D eigenvalue weighted by Gasteiger charge is 2.37. The van der Waals surface area contributed by atoms with Gasteiger partial charge in [-0.25, -0.2) is 4.79 Å². The number of Topliss-reactive ketones (excluding diaryl/α,β-unsaturated/α-hetero) is 1. The fourth-order valence-corrected chi connectivity index (χ4v) is 4.17. The van der Waals surface area contributed by atoms with Crippen molar-refractivity contribution < 1.29 is 33.5 Å². The first-order valence-corrected chi connectivity index (χ1v) is 10.8. The molecule has 7 nitrogen and oxygen atoms in total. The lowest BCUT2D eigenvalue weighted by Gasteiger charge is -2.28. The van der Waals surface area contributed by atoms with Crippen LogP contribution in [0.25, 0.3) is 0 Å². The number of ketones is 1. The molecule has 1 aromatic carbocycles. The number of fused-ring (bicyclic) bond motifs is 1. The van der Waals surface area contributed by atoms with Gasteiger partial charge in [-0.15, -0.1) is 0 Å². The quantitative estimate of drug-likeness (QED) is 0.394. The van der Waals surface area contributed by atoms with Gasteiger partial charge < -0.3 is 19.2 Å². The Bertz CT molecular complexity index is 773. The van der Waals surface area contributed by atoms with Gasteiger partial charge in [0, 0.05) is 25.1 Å². The Morgan fingerprint density at radius 1 is 1.13 bits per heavy atom. The number of benzene rings is 1. The van der Waals surface area contributed by atoms with Crippen molar-refractivity contribution in [2.75, 3.05) is 6.79 Å². The van der Waals surface area contributed by atoms with Crippen LogP contribution >= 0.6 is 0 Å². The first-order chi connectivity index (χ1) is 14.5. The first-order valence-electron chi connectivity index (χ1n) is 10.8. The molecule has 1 atom stereocenters. The van der Waals surface area contributed by atoms with Gasteiger partial charge in [0.15, 0.2) is 0 Å². The van der Waals surface area contributed by atoms with E-state index in [0.29, 0.717) is 25.2 Å². The minimum Gasteiger partial charge on any atom is -0.535 e. The zero-order valence-electron chi connectivity index (χ0n) is 17.4. The Balaban J connectivity index is 1.54. The van der Waals surface area contributed by atoms with Crippen LogP contribution in [0, 0.1) is 5.92 Å². The number of ether oxygens (including phenoxy) is 2. The van der Waals surface area contributed by atoms with Crippen LogP contribution in [0.2, 0.25) is 5.82 Å². The second kappa shape index (κ2) is 10.6. The molecule has 1 aromatic rings. The molecule has 0 amide bonds. The van der Waals surface area contributed by atoms with Crippen LogP contribution < -0.4 is 4.65 Å². The first kappa shape index (κ1) is 22.3. The van der Waals surface area contributed by atoms with Gasteiger partial charge in [0.25, 0.3) is 0 Å². The normalized spacial score (nSPS) is 18.9. The molecule has 0 unspecified atom stereocenters. The topological polar surface area (TPSA) is 99.1 Å². The fraction of sp³-hybridized carbons (Fsp3) is 0.591. The third-order valence-electron chi connectivity index (χ3n) is 5.91. The molecule has 8 heteroatoms. The molecule has 0 aromatic heterocycles. The summed E-state index contributed by atoms with van der Waals surface area (Å²) in [5.41, 5.74) is 0.896. The zero-order chi connectivity index (χ0) is 21.5. The van der Waals surface area contributed by atoms with Crippen molar-refractivity contribution in [2.45, 2.75) is 70.5 Å². The van der Waals surface area contributed by atoms with E-state index in [1.54, 1.807) is 19.1 Å². The third-order valence-corrected chi connectivity index (χ3v) is 5.91. The third kappa shape index (κ3) is 5.84. The maximum absolute atomic E-state index is 12.5. The standard InChI is InChI=1S/C22H29BO7/c1-2-18(24)13-17-12-16-9-6-10-19(21(16)30-23(17)27)22(26)29-14-28-20(25)11-15-7-4-3-5-8-15/h6,9-10,15,17,27H,2-5,7-8,11-14H2,1H3/t17-/m1/s1. The molecule has 1 fully saturated rings. The molecule has 1 heterocycles. The van der Waals surface area contributed by atoms with Gasteiger partial charge >= 0.3 is 19.1 Å². The number of carbonyl (C=O) groups is 3. The van der Waals surface area contributed by atoms with Crippen molar-refractivity contribution in [3.63, 3.8) is 0 Å². The Kier molecular flexibility index (Phi) is 7.91. The molecule has 1 aliphatic heterocycles. The predicted molar refractivity (Wildman–Crippen MR) is 110 cm³/mol. The van der Waals surface area contributed by atoms with E-state index in [-0.39, 0.29) is 35.3 Å². The van der Waals surface area contributed by atoms with Crippen LogP contribution in [0.3, 0.4) is 0 Å². The molecule has 0 radical (unpaired) electrons. The smallest absolute Gasteiger partial charge is 0.526 e. The van der Waals surface area contributed by atoms with Crippen LogP contribution in [0.15, 0.2) is 18.2 Å². The van der Waals surface area contributed by atoms with Gasteiger partial charge in [-0.2, -0.15) is 0 Å². The van der Waals surface area contributed by atoms with E-state index in [4.69, 9.17) is 14.1 Å². The van der Waals surface area contributed by atoms with Crippen LogP contribution in [-0.4, -0.2) is 36.7 Å². The summed E-state index contributed by atoms with van der Waals surface area (Å²) in [5.74, 6) is -0.740. The highest BCUT2D eigenvalue weighted by molar-refractivity contribution is 6.47. The number of hydrogen-bond donors (Lipinski definition) is 1. The van der Waals surface area contributed by atoms with Crippen molar-refractivity contribution in [1.82, 2.24) is 0 Å². The van der Waals surface area contributed by atoms with Gasteiger partial charge in [-0.1, -0.05) is 38.3 Å². The predicted octanol–water partition coefficient (Wildman–Crippen LogP) is 3.47. The second-order valence-corrected chi connectivity index (χ2v) is 8.14. The Labute approximate surface area is 177 Å². The number of esters is 2. The van der Waals surface area contributed by atoms with E-state index in [1.165, 1.54) is 12.5 Å². The molecule has 3 rings (SSSR count). The zero-order valence-corrected chi connectivity index (χ0v) is 17.4. The van der Waals surface area contributed by atoms with Crippen molar-refractivity contribution in [3.05, 3.63) is 29.3 Å². The molecule has 1 N–H and O–H groups in total. The fourth-order valence-electron chi connectivity index (χ4n) is 4.17. The van der Waals surface area contributed by atoms with Gasteiger partial charge in [-0.3, -0.25) is 9.59 Å². The monoisotopic (exact) mass is 416 g/mol. The number of hydrogen-bond acceptors (Lipinski definition) is 7. The SMILES string of the molecule is CCC(=O)C[C@H]1Cc2cccc(C(=O)OCOC(=O)CC3CCCCC3)c2OB1O. The summed E-state index contributed by atoms with van der Waals surface area (Å²) < 4.78 is 15.7. The maximum Gasteiger partial charge on any atom is 0.526 e. The number of carbonyl (C=O) groups excluding carboxylic acids is 3. The molecule has 0 saturated heterocycles. The Morgan fingerprint density at radius 2 is 1.90 bits per heavy atom. The van der Waals surface area contributed by atoms with E-state index in [2.05, 4.69) is 0 Å². The van der Waals surface area contributed by atoms with E-state index in [9.17, 15) is 19.4 Å². The van der Waals surface area contributed by atoms with Crippen LogP contribution in [0.5, 0.6) is 5.75 Å². The van der Waals surface area contributed by atoms with E-state index in [1.807, 2.05) is 0 Å². The van der Waals surface area contributed by atoms with Crippen molar-refractivity contribution >= 4 is 24.8 Å². The molecular formula is C22H29BO7. The Hall–Kier alpha value is -2.35. The minimum absolute atomic E-state index is 0.0525. The summed E-state index contributed by atoms with van der Waals surface area (Å²) in [7, 11) is -1.17. The summed E-state index contributed by atoms with van der Waals surface area (Å²) >= 11 is 0. The molecule has 1 aliphatic carbocycles. The largest absolute Gasteiger partial charge is 0.535 e. The van der Waals surface area contributed by atoms with Gasteiger partial charge in [-0.05, 0) is 36.8 Å². The Morgan fingerprint density at radius 3 is 2.63 bits per heavy atom. The number of rotatable bonds is 8. The van der Waals surface area contributed by atoms with Crippen molar-refractivity contribution in [1.29, 1.82) is 0 Å². The van der Waals surface area contributed by atoms with Crippen LogP contribution in [0.4, 0.5) is 0 Å². The van der Waals surface area contributed by atoms with Gasteiger partial charge in [0.05, 0.1) is 0 Å². The van der Waals surface area contributed by atoms with E-state index in [0.717, 1.165) is 31.2 Å². The lowest BCUT2D eigenvalue weighted by molar-refractivity contribution is -0.153. The summed E-state index contributed by atoms with van der Waals surface area (Å²) in [6, 6.07) is 5.03. The maximum atomic E-state index is 12.5. The summed E-state index contributed by atoms with van der Waals surface area (Å²) in [4.78, 5) is 36.2.